The van der Waals surface area contributed by atoms with Crippen LogP contribution in [0.4, 0.5) is 0 Å². The number of nitrogens with zero attached hydrogens (tertiary/aromatic N) is 2. The third kappa shape index (κ3) is 2.41. The second kappa shape index (κ2) is 5.46. The molecule has 0 aliphatic carbocycles. The van der Waals surface area contributed by atoms with Crippen molar-refractivity contribution in [3.8, 4) is 11.5 Å². The Balaban J connectivity index is 2.42. The molecule has 2 rings (SSSR count). The summed E-state index contributed by atoms with van der Waals surface area (Å²) >= 11 is 0. The summed E-state index contributed by atoms with van der Waals surface area (Å²) in [6, 6.07) is 5.10. The van der Waals surface area contributed by atoms with Crippen molar-refractivity contribution in [2.24, 2.45) is 5.73 Å². The molecule has 0 aliphatic heterocycles. The van der Waals surface area contributed by atoms with Gasteiger partial charge in [-0.1, -0.05) is 0 Å². The van der Waals surface area contributed by atoms with Crippen molar-refractivity contribution in [3.05, 3.63) is 48.0 Å². The molecule has 5 heteroatoms. The molecule has 0 radical (unpaired) electrons. The topological polar surface area (TPSA) is 70.3 Å². The summed E-state index contributed by atoms with van der Waals surface area (Å²) in [4.78, 5) is 8.22. The third-order valence-electron chi connectivity index (χ3n) is 2.67. The summed E-state index contributed by atoms with van der Waals surface area (Å²) in [5, 5.41) is 0. The molecular weight excluding hydrogens is 230 g/mol. The van der Waals surface area contributed by atoms with Crippen molar-refractivity contribution in [2.45, 2.75) is 6.04 Å². The van der Waals surface area contributed by atoms with E-state index < -0.39 is 6.04 Å². The number of nitrogens with two attached hydrogens (primary N) is 1. The van der Waals surface area contributed by atoms with Crippen molar-refractivity contribution in [3.63, 3.8) is 0 Å². The van der Waals surface area contributed by atoms with Crippen LogP contribution in [-0.4, -0.2) is 24.2 Å². The molecule has 0 saturated carbocycles. The first kappa shape index (κ1) is 12.3. The highest BCUT2D eigenvalue weighted by atomic mass is 16.5. The first-order chi connectivity index (χ1) is 8.76. The molecule has 0 aliphatic rings. The quantitative estimate of drug-likeness (QED) is 0.884. The maximum Gasteiger partial charge on any atom is 0.124 e. The zero-order valence-electron chi connectivity index (χ0n) is 10.3. The van der Waals surface area contributed by atoms with Gasteiger partial charge in [-0.25, -0.2) is 0 Å². The number of aromatic nitrogens is 2. The zero-order chi connectivity index (χ0) is 13.0. The second-order valence-electron chi connectivity index (χ2n) is 3.72. The van der Waals surface area contributed by atoms with Gasteiger partial charge >= 0.3 is 0 Å². The first-order valence-electron chi connectivity index (χ1n) is 5.49. The molecule has 1 aromatic carbocycles. The molecule has 5 nitrogen and oxygen atoms in total. The van der Waals surface area contributed by atoms with E-state index in [1.165, 1.54) is 0 Å². The summed E-state index contributed by atoms with van der Waals surface area (Å²) in [5.41, 5.74) is 7.68. The van der Waals surface area contributed by atoms with Crippen molar-refractivity contribution in [1.29, 1.82) is 0 Å². The van der Waals surface area contributed by atoms with E-state index in [0.29, 0.717) is 11.4 Å². The van der Waals surface area contributed by atoms with Crippen LogP contribution in [0.15, 0.2) is 36.8 Å². The number of hydrogen-bond acceptors (Lipinski definition) is 5. The van der Waals surface area contributed by atoms with Crippen LogP contribution < -0.4 is 15.2 Å². The van der Waals surface area contributed by atoms with E-state index in [4.69, 9.17) is 15.2 Å². The summed E-state index contributed by atoms with van der Waals surface area (Å²) < 4.78 is 10.5. The molecule has 18 heavy (non-hydrogen) atoms. The predicted molar refractivity (Wildman–Crippen MR) is 67.6 cm³/mol. The lowest BCUT2D eigenvalue weighted by atomic mass is 10.0. The Labute approximate surface area is 106 Å². The molecule has 2 aromatic rings. The fourth-order valence-electron chi connectivity index (χ4n) is 1.71. The van der Waals surface area contributed by atoms with Gasteiger partial charge in [0.1, 0.15) is 11.5 Å². The molecular formula is C13H15N3O2. The molecule has 1 unspecified atom stereocenters. The highest BCUT2D eigenvalue weighted by Crippen LogP contribution is 2.30. The van der Waals surface area contributed by atoms with E-state index in [2.05, 4.69) is 9.97 Å². The SMILES string of the molecule is COc1ccc(OC)c(C(N)c2cnccn2)c1. The van der Waals surface area contributed by atoms with Gasteiger partial charge in [-0.3, -0.25) is 9.97 Å². The molecule has 0 amide bonds. The van der Waals surface area contributed by atoms with E-state index in [-0.39, 0.29) is 0 Å². The molecule has 2 N–H and O–H groups in total. The minimum Gasteiger partial charge on any atom is -0.497 e. The smallest absolute Gasteiger partial charge is 0.124 e. The molecule has 0 bridgehead atoms. The van der Waals surface area contributed by atoms with E-state index in [1.54, 1.807) is 32.8 Å². The predicted octanol–water partition coefficient (Wildman–Crippen LogP) is 1.54. The minimum absolute atomic E-state index is 0.399. The van der Waals surface area contributed by atoms with Crippen molar-refractivity contribution in [1.82, 2.24) is 9.97 Å². The van der Waals surface area contributed by atoms with Crippen molar-refractivity contribution < 1.29 is 9.47 Å². The maximum absolute atomic E-state index is 6.18. The Bertz CT molecular complexity index is 517. The lowest BCUT2D eigenvalue weighted by molar-refractivity contribution is 0.397. The van der Waals surface area contributed by atoms with Gasteiger partial charge < -0.3 is 15.2 Å². The van der Waals surface area contributed by atoms with Gasteiger partial charge in [-0.15, -0.1) is 0 Å². The van der Waals surface area contributed by atoms with Crippen LogP contribution in [-0.2, 0) is 0 Å². The van der Waals surface area contributed by atoms with Gasteiger partial charge in [-0.05, 0) is 18.2 Å². The fraction of sp³-hybridized carbons (Fsp3) is 0.231. The maximum atomic E-state index is 6.18. The van der Waals surface area contributed by atoms with Gasteiger partial charge in [-0.2, -0.15) is 0 Å². The Kier molecular flexibility index (Phi) is 3.74. The number of rotatable bonds is 4. The standard InChI is InChI=1S/C13H15N3O2/c1-17-9-3-4-12(18-2)10(7-9)13(14)11-8-15-5-6-16-11/h3-8,13H,14H2,1-2H3. The van der Waals surface area contributed by atoms with E-state index >= 15 is 0 Å². The molecule has 1 heterocycles. The number of hydrogen-bond donors (Lipinski definition) is 1. The van der Waals surface area contributed by atoms with E-state index in [1.807, 2.05) is 18.2 Å². The van der Waals surface area contributed by atoms with Crippen LogP contribution in [0.2, 0.25) is 0 Å². The first-order valence-corrected chi connectivity index (χ1v) is 5.49. The molecule has 0 fully saturated rings. The van der Waals surface area contributed by atoms with Crippen LogP contribution in [0.3, 0.4) is 0 Å². The minimum atomic E-state index is -0.399. The van der Waals surface area contributed by atoms with E-state index in [9.17, 15) is 0 Å². The summed E-state index contributed by atoms with van der Waals surface area (Å²) in [7, 11) is 3.22. The molecule has 1 atom stereocenters. The van der Waals surface area contributed by atoms with Crippen LogP contribution in [0.5, 0.6) is 11.5 Å². The summed E-state index contributed by atoms with van der Waals surface area (Å²) in [6.45, 7) is 0. The van der Waals surface area contributed by atoms with Crippen LogP contribution in [0, 0.1) is 0 Å². The Hall–Kier alpha value is -2.14. The van der Waals surface area contributed by atoms with Crippen LogP contribution >= 0.6 is 0 Å². The van der Waals surface area contributed by atoms with E-state index in [0.717, 1.165) is 11.3 Å². The van der Waals surface area contributed by atoms with Gasteiger partial charge in [0.15, 0.2) is 0 Å². The second-order valence-corrected chi connectivity index (χ2v) is 3.72. The lowest BCUT2D eigenvalue weighted by Gasteiger charge is -2.16. The summed E-state index contributed by atoms with van der Waals surface area (Å²) in [5.74, 6) is 1.43. The lowest BCUT2D eigenvalue weighted by Crippen LogP contribution is -2.15. The fourth-order valence-corrected chi connectivity index (χ4v) is 1.71. The monoisotopic (exact) mass is 245 g/mol. The number of methoxy groups -OCH3 is 2. The van der Waals surface area contributed by atoms with Gasteiger partial charge in [0.05, 0.1) is 32.2 Å². The summed E-state index contributed by atoms with van der Waals surface area (Å²) in [6.07, 6.45) is 4.87. The Morgan fingerprint density at radius 1 is 1.17 bits per heavy atom. The third-order valence-corrected chi connectivity index (χ3v) is 2.67. The molecule has 94 valence electrons. The average Bonchev–Trinajstić information content (AvgIpc) is 2.46. The normalized spacial score (nSPS) is 11.9. The van der Waals surface area contributed by atoms with Crippen LogP contribution in [0.1, 0.15) is 17.3 Å². The van der Waals surface area contributed by atoms with Crippen molar-refractivity contribution in [2.75, 3.05) is 14.2 Å². The Morgan fingerprint density at radius 3 is 2.61 bits per heavy atom. The highest BCUT2D eigenvalue weighted by molar-refractivity contribution is 5.44. The van der Waals surface area contributed by atoms with Crippen LogP contribution in [0.25, 0.3) is 0 Å². The molecule has 0 spiro atoms. The number of ether oxygens (including phenoxy) is 2. The highest BCUT2D eigenvalue weighted by Gasteiger charge is 2.16. The largest absolute Gasteiger partial charge is 0.497 e. The molecule has 0 saturated heterocycles. The van der Waals surface area contributed by atoms with Gasteiger partial charge in [0.2, 0.25) is 0 Å². The zero-order valence-corrected chi connectivity index (χ0v) is 10.3. The number of benzene rings is 1. The Morgan fingerprint density at radius 2 is 2.00 bits per heavy atom. The van der Waals surface area contributed by atoms with Gasteiger partial charge in [0, 0.05) is 18.0 Å². The average molecular weight is 245 g/mol. The van der Waals surface area contributed by atoms with Gasteiger partial charge in [0.25, 0.3) is 0 Å². The molecule has 1 aromatic heterocycles. The van der Waals surface area contributed by atoms with Crippen molar-refractivity contribution >= 4 is 0 Å².